The smallest absolute Gasteiger partial charge is 0.289 e. The van der Waals surface area contributed by atoms with Gasteiger partial charge in [-0.3, -0.25) is 10.1 Å². The van der Waals surface area contributed by atoms with E-state index in [4.69, 9.17) is 23.8 Å². The van der Waals surface area contributed by atoms with Crippen molar-refractivity contribution in [2.24, 2.45) is 0 Å². The van der Waals surface area contributed by atoms with Gasteiger partial charge in [0.1, 0.15) is 5.02 Å². The zero-order valence-corrected chi connectivity index (χ0v) is 12.4. The molecule has 0 aliphatic heterocycles. The Morgan fingerprint density at radius 2 is 1.95 bits per heavy atom. The Kier molecular flexibility index (Phi) is 5.08. The van der Waals surface area contributed by atoms with Gasteiger partial charge in [-0.1, -0.05) is 41.9 Å². The molecule has 5 nitrogen and oxygen atoms in total. The largest absolute Gasteiger partial charge is 0.358 e. The minimum Gasteiger partial charge on any atom is -0.358 e. The first-order valence-corrected chi connectivity index (χ1v) is 6.87. The van der Waals surface area contributed by atoms with Gasteiger partial charge >= 0.3 is 0 Å². The second-order valence-electron chi connectivity index (χ2n) is 4.22. The lowest BCUT2D eigenvalue weighted by Crippen LogP contribution is -2.27. The summed E-state index contributed by atoms with van der Waals surface area (Å²) in [5.41, 5.74) is 1.44. The van der Waals surface area contributed by atoms with Crippen molar-refractivity contribution in [1.82, 2.24) is 5.32 Å². The number of benzene rings is 2. The molecule has 0 unspecified atom stereocenters. The average Bonchev–Trinajstić information content (AvgIpc) is 2.48. The van der Waals surface area contributed by atoms with Gasteiger partial charge in [0.05, 0.1) is 4.92 Å². The summed E-state index contributed by atoms with van der Waals surface area (Å²) in [7, 11) is 0. The van der Waals surface area contributed by atoms with Gasteiger partial charge in [0, 0.05) is 18.3 Å². The maximum absolute atomic E-state index is 10.8. The van der Waals surface area contributed by atoms with Gasteiger partial charge in [0.15, 0.2) is 5.11 Å². The van der Waals surface area contributed by atoms with E-state index in [9.17, 15) is 10.1 Å². The van der Waals surface area contributed by atoms with Gasteiger partial charge < -0.3 is 10.6 Å². The molecule has 0 spiro atoms. The van der Waals surface area contributed by atoms with Gasteiger partial charge in [-0.15, -0.1) is 0 Å². The summed E-state index contributed by atoms with van der Waals surface area (Å²) in [4.78, 5) is 10.3. The monoisotopic (exact) mass is 321 g/mol. The third-order valence-corrected chi connectivity index (χ3v) is 3.26. The van der Waals surface area contributed by atoms with Gasteiger partial charge in [0.25, 0.3) is 5.69 Å². The normalized spacial score (nSPS) is 9.95. The number of nitro groups is 1. The van der Waals surface area contributed by atoms with Crippen molar-refractivity contribution in [3.63, 3.8) is 0 Å². The Bertz CT molecular complexity index is 665. The Hall–Kier alpha value is -2.18. The Labute approximate surface area is 132 Å². The fraction of sp³-hybridized carbons (Fsp3) is 0.0714. The number of hydrogen-bond acceptors (Lipinski definition) is 3. The first-order valence-electron chi connectivity index (χ1n) is 6.09. The minimum atomic E-state index is -0.534. The Morgan fingerprint density at radius 3 is 2.62 bits per heavy atom. The van der Waals surface area contributed by atoms with Crippen molar-refractivity contribution in [1.29, 1.82) is 0 Å². The fourth-order valence-corrected chi connectivity index (χ4v) is 2.06. The van der Waals surface area contributed by atoms with Crippen LogP contribution in [0.15, 0.2) is 48.5 Å². The van der Waals surface area contributed by atoms with Gasteiger partial charge in [-0.05, 0) is 29.9 Å². The SMILES string of the molecule is O=[N+]([O-])c1cc(NC(=S)NCc2ccccc2)ccc1Cl. The molecule has 2 rings (SSSR count). The number of rotatable bonds is 4. The van der Waals surface area contributed by atoms with Crippen LogP contribution in [0.4, 0.5) is 11.4 Å². The van der Waals surface area contributed by atoms with Crippen LogP contribution in [0.2, 0.25) is 5.02 Å². The predicted octanol–water partition coefficient (Wildman–Crippen LogP) is 3.73. The van der Waals surface area contributed by atoms with E-state index in [0.717, 1.165) is 5.56 Å². The van der Waals surface area contributed by atoms with Gasteiger partial charge in [-0.2, -0.15) is 0 Å². The van der Waals surface area contributed by atoms with Crippen LogP contribution in [0, 0.1) is 10.1 Å². The molecule has 2 aromatic carbocycles. The Balaban J connectivity index is 1.97. The third-order valence-electron chi connectivity index (χ3n) is 2.70. The van der Waals surface area contributed by atoms with Crippen LogP contribution in [0.1, 0.15) is 5.56 Å². The molecular weight excluding hydrogens is 310 g/mol. The lowest BCUT2D eigenvalue weighted by Gasteiger charge is -2.10. The highest BCUT2D eigenvalue weighted by atomic mass is 35.5. The summed E-state index contributed by atoms with van der Waals surface area (Å²) >= 11 is 10.9. The Morgan fingerprint density at radius 1 is 1.24 bits per heavy atom. The quantitative estimate of drug-likeness (QED) is 0.510. The average molecular weight is 322 g/mol. The second kappa shape index (κ2) is 7.01. The summed E-state index contributed by atoms with van der Waals surface area (Å²) in [5.74, 6) is 0. The fourth-order valence-electron chi connectivity index (χ4n) is 1.68. The van der Waals surface area contributed by atoms with Crippen molar-refractivity contribution in [2.45, 2.75) is 6.54 Å². The minimum absolute atomic E-state index is 0.0914. The molecule has 0 saturated carbocycles. The molecule has 0 aliphatic carbocycles. The van der Waals surface area contributed by atoms with E-state index in [2.05, 4.69) is 10.6 Å². The van der Waals surface area contributed by atoms with Crippen molar-refractivity contribution < 1.29 is 4.92 Å². The van der Waals surface area contributed by atoms with Crippen LogP contribution < -0.4 is 10.6 Å². The number of nitro benzene ring substituents is 1. The van der Waals surface area contributed by atoms with E-state index >= 15 is 0 Å². The van der Waals surface area contributed by atoms with Crippen molar-refractivity contribution in [3.8, 4) is 0 Å². The summed E-state index contributed by atoms with van der Waals surface area (Å²) < 4.78 is 0. The zero-order valence-electron chi connectivity index (χ0n) is 10.9. The van der Waals surface area contributed by atoms with Crippen LogP contribution in [-0.2, 0) is 6.54 Å². The molecule has 21 heavy (non-hydrogen) atoms. The number of halogens is 1. The third kappa shape index (κ3) is 4.40. The maximum Gasteiger partial charge on any atom is 0.289 e. The summed E-state index contributed by atoms with van der Waals surface area (Å²) in [6.07, 6.45) is 0. The van der Waals surface area contributed by atoms with Crippen LogP contribution in [0.25, 0.3) is 0 Å². The molecule has 2 aromatic rings. The molecule has 0 amide bonds. The van der Waals surface area contributed by atoms with Crippen molar-refractivity contribution >= 4 is 40.3 Å². The molecule has 0 bridgehead atoms. The first-order chi connectivity index (χ1) is 10.1. The van der Waals surface area contributed by atoms with E-state index in [0.29, 0.717) is 17.3 Å². The van der Waals surface area contributed by atoms with Crippen LogP contribution in [0.3, 0.4) is 0 Å². The number of thiocarbonyl (C=S) groups is 1. The highest BCUT2D eigenvalue weighted by Crippen LogP contribution is 2.27. The van der Waals surface area contributed by atoms with Gasteiger partial charge in [-0.25, -0.2) is 0 Å². The highest BCUT2D eigenvalue weighted by Gasteiger charge is 2.13. The number of nitrogens with zero attached hydrogens (tertiary/aromatic N) is 1. The zero-order chi connectivity index (χ0) is 15.2. The highest BCUT2D eigenvalue weighted by molar-refractivity contribution is 7.80. The van der Waals surface area contributed by atoms with Crippen LogP contribution in [-0.4, -0.2) is 10.0 Å². The van der Waals surface area contributed by atoms with E-state index in [1.54, 1.807) is 6.07 Å². The molecule has 7 heteroatoms. The maximum atomic E-state index is 10.8. The topological polar surface area (TPSA) is 67.2 Å². The summed E-state index contributed by atoms with van der Waals surface area (Å²) in [6, 6.07) is 14.2. The van der Waals surface area contributed by atoms with Crippen LogP contribution in [0.5, 0.6) is 0 Å². The second-order valence-corrected chi connectivity index (χ2v) is 5.03. The molecule has 0 aliphatic rings. The van der Waals surface area contributed by atoms with E-state index < -0.39 is 4.92 Å². The lowest BCUT2D eigenvalue weighted by molar-refractivity contribution is -0.384. The van der Waals surface area contributed by atoms with E-state index in [1.165, 1.54) is 12.1 Å². The standard InChI is InChI=1S/C14H12ClN3O2S/c15-12-7-6-11(8-13(12)18(19)20)17-14(21)16-9-10-4-2-1-3-5-10/h1-8H,9H2,(H2,16,17,21). The van der Waals surface area contributed by atoms with E-state index in [-0.39, 0.29) is 10.7 Å². The number of hydrogen-bond donors (Lipinski definition) is 2. The molecule has 0 fully saturated rings. The number of anilines is 1. The molecule has 0 saturated heterocycles. The van der Waals surface area contributed by atoms with Crippen molar-refractivity contribution in [3.05, 3.63) is 69.2 Å². The lowest BCUT2D eigenvalue weighted by atomic mass is 10.2. The molecule has 0 aromatic heterocycles. The van der Waals surface area contributed by atoms with Crippen molar-refractivity contribution in [2.75, 3.05) is 5.32 Å². The predicted molar refractivity (Wildman–Crippen MR) is 87.6 cm³/mol. The molecule has 108 valence electrons. The molecule has 2 N–H and O–H groups in total. The summed E-state index contributed by atoms with van der Waals surface area (Å²) in [5, 5.41) is 17.2. The molecular formula is C14H12ClN3O2S. The summed E-state index contributed by atoms with van der Waals surface area (Å²) in [6.45, 7) is 0.572. The van der Waals surface area contributed by atoms with Gasteiger partial charge in [0.2, 0.25) is 0 Å². The first kappa shape index (κ1) is 15.2. The van der Waals surface area contributed by atoms with E-state index in [1.807, 2.05) is 30.3 Å². The molecule has 0 atom stereocenters. The van der Waals surface area contributed by atoms with Crippen LogP contribution >= 0.6 is 23.8 Å². The number of nitrogens with one attached hydrogen (secondary N) is 2. The molecule has 0 radical (unpaired) electrons. The molecule has 0 heterocycles.